The third kappa shape index (κ3) is 5.21. The summed E-state index contributed by atoms with van der Waals surface area (Å²) in [5.74, 6) is 0. The average Bonchev–Trinajstić information content (AvgIpc) is 3.50. The Kier molecular flexibility index (Phi) is 7.32. The molecular formula is C23H26N2O5S3. The number of rotatable bonds is 9. The summed E-state index contributed by atoms with van der Waals surface area (Å²) < 4.78 is 60.3. The number of nitrogens with two attached hydrogens (primary N) is 1. The van der Waals surface area contributed by atoms with Gasteiger partial charge in [0.2, 0.25) is 19.9 Å². The van der Waals surface area contributed by atoms with Crippen LogP contribution in [0.25, 0.3) is 0 Å². The molecule has 0 bridgehead atoms. The summed E-state index contributed by atoms with van der Waals surface area (Å²) >= 11 is 1.09. The van der Waals surface area contributed by atoms with E-state index in [1.54, 1.807) is 6.07 Å². The van der Waals surface area contributed by atoms with Gasteiger partial charge in [-0.05, 0) is 48.7 Å². The predicted octanol–water partition coefficient (Wildman–Crippen LogP) is 3.41. The lowest BCUT2D eigenvalue weighted by Gasteiger charge is -2.24. The maximum absolute atomic E-state index is 13.4. The van der Waals surface area contributed by atoms with E-state index in [9.17, 15) is 16.8 Å². The standard InChI is InChI=1S/C23H26N2O5S3/c24-15-20-11-12-23(31-20)32(26,27)21-9-4-10-22(14-21)33(28,29)25-13-5-8-19(25)17-30-16-18-6-2-1-3-7-18/h1-4,6-7,9-12,14,19H,5,8,13,15-17,24H2/t19-/m0/s1. The zero-order valence-electron chi connectivity index (χ0n) is 18.0. The first kappa shape index (κ1) is 24.1. The van der Waals surface area contributed by atoms with Gasteiger partial charge < -0.3 is 10.5 Å². The minimum absolute atomic E-state index is 0.0332. The lowest BCUT2D eigenvalue weighted by molar-refractivity contribution is 0.0873. The zero-order valence-corrected chi connectivity index (χ0v) is 20.4. The summed E-state index contributed by atoms with van der Waals surface area (Å²) in [6.45, 7) is 1.31. The Labute approximate surface area is 198 Å². The first-order valence-electron chi connectivity index (χ1n) is 10.6. The number of sulfonamides is 1. The van der Waals surface area contributed by atoms with E-state index < -0.39 is 19.9 Å². The minimum atomic E-state index is -3.88. The van der Waals surface area contributed by atoms with Crippen molar-refractivity contribution >= 4 is 31.2 Å². The molecule has 4 rings (SSSR count). The molecule has 10 heteroatoms. The second kappa shape index (κ2) is 10.0. The summed E-state index contributed by atoms with van der Waals surface area (Å²) in [5.41, 5.74) is 6.62. The van der Waals surface area contributed by atoms with Crippen LogP contribution in [0, 0.1) is 0 Å². The highest BCUT2D eigenvalue weighted by Gasteiger charge is 2.36. The van der Waals surface area contributed by atoms with Gasteiger partial charge in [-0.3, -0.25) is 0 Å². The van der Waals surface area contributed by atoms with E-state index >= 15 is 0 Å². The van der Waals surface area contributed by atoms with E-state index in [1.165, 1.54) is 34.6 Å². The maximum Gasteiger partial charge on any atom is 0.243 e. The molecule has 2 N–H and O–H groups in total. The van der Waals surface area contributed by atoms with E-state index in [0.717, 1.165) is 28.2 Å². The van der Waals surface area contributed by atoms with Gasteiger partial charge in [-0.2, -0.15) is 4.31 Å². The van der Waals surface area contributed by atoms with E-state index in [-0.39, 0.29) is 33.2 Å². The number of hydrogen-bond acceptors (Lipinski definition) is 7. The van der Waals surface area contributed by atoms with Gasteiger partial charge in [0.15, 0.2) is 0 Å². The maximum atomic E-state index is 13.4. The smallest absolute Gasteiger partial charge is 0.243 e. The molecule has 0 radical (unpaired) electrons. The predicted molar refractivity (Wildman–Crippen MR) is 127 cm³/mol. The molecule has 7 nitrogen and oxygen atoms in total. The molecule has 0 amide bonds. The Morgan fingerprint density at radius 3 is 2.45 bits per heavy atom. The summed E-state index contributed by atoms with van der Waals surface area (Å²) in [6, 6.07) is 18.2. The Morgan fingerprint density at radius 2 is 1.73 bits per heavy atom. The van der Waals surface area contributed by atoms with Crippen LogP contribution < -0.4 is 5.73 Å². The molecule has 3 aromatic rings. The molecule has 1 aliphatic heterocycles. The highest BCUT2D eigenvalue weighted by molar-refractivity contribution is 7.93. The van der Waals surface area contributed by atoms with Gasteiger partial charge in [0.05, 0.1) is 23.0 Å². The molecule has 0 spiro atoms. The average molecular weight is 507 g/mol. The van der Waals surface area contributed by atoms with Crippen LogP contribution >= 0.6 is 11.3 Å². The van der Waals surface area contributed by atoms with E-state index in [1.807, 2.05) is 30.3 Å². The van der Waals surface area contributed by atoms with E-state index in [2.05, 4.69) is 0 Å². The van der Waals surface area contributed by atoms with Crippen molar-refractivity contribution in [2.75, 3.05) is 13.2 Å². The fraction of sp³-hybridized carbons (Fsp3) is 0.304. The number of hydrogen-bond donors (Lipinski definition) is 1. The van der Waals surface area contributed by atoms with Crippen molar-refractivity contribution in [1.29, 1.82) is 0 Å². The molecule has 1 saturated heterocycles. The zero-order chi connectivity index (χ0) is 23.5. The highest BCUT2D eigenvalue weighted by Crippen LogP contribution is 2.31. The highest BCUT2D eigenvalue weighted by atomic mass is 32.2. The number of sulfone groups is 1. The van der Waals surface area contributed by atoms with Gasteiger partial charge in [0.1, 0.15) is 4.21 Å². The third-order valence-electron chi connectivity index (χ3n) is 5.57. The van der Waals surface area contributed by atoms with Gasteiger partial charge in [-0.15, -0.1) is 11.3 Å². The van der Waals surface area contributed by atoms with Crippen molar-refractivity contribution in [3.05, 3.63) is 77.2 Å². The number of thiophene rings is 1. The Bertz CT molecular complexity index is 1300. The largest absolute Gasteiger partial charge is 0.375 e. The third-order valence-corrected chi connectivity index (χ3v) is 10.9. The Balaban J connectivity index is 1.53. The molecule has 1 aromatic heterocycles. The van der Waals surface area contributed by atoms with Gasteiger partial charge in [0.25, 0.3) is 0 Å². The fourth-order valence-corrected chi connectivity index (χ4v) is 8.33. The van der Waals surface area contributed by atoms with Crippen LogP contribution in [0.2, 0.25) is 0 Å². The summed E-state index contributed by atoms with van der Waals surface area (Å²) in [4.78, 5) is 0.659. The molecule has 2 heterocycles. The van der Waals surface area contributed by atoms with Crippen molar-refractivity contribution in [2.24, 2.45) is 5.73 Å². The van der Waals surface area contributed by atoms with Gasteiger partial charge in [0, 0.05) is 24.0 Å². The van der Waals surface area contributed by atoms with E-state index in [0.29, 0.717) is 19.6 Å². The quantitative estimate of drug-likeness (QED) is 0.477. The number of benzene rings is 2. The molecule has 2 aromatic carbocycles. The van der Waals surface area contributed by atoms with Crippen LogP contribution in [-0.2, 0) is 37.7 Å². The van der Waals surface area contributed by atoms with Crippen LogP contribution in [0.3, 0.4) is 0 Å². The molecule has 33 heavy (non-hydrogen) atoms. The summed E-state index contributed by atoms with van der Waals surface area (Å²) in [6.07, 6.45) is 1.43. The van der Waals surface area contributed by atoms with Crippen LogP contribution in [0.5, 0.6) is 0 Å². The van der Waals surface area contributed by atoms with Crippen LogP contribution in [0.15, 0.2) is 80.7 Å². The number of ether oxygens (including phenoxy) is 1. The molecule has 176 valence electrons. The second-order valence-electron chi connectivity index (χ2n) is 7.82. The van der Waals surface area contributed by atoms with Crippen LogP contribution in [0.1, 0.15) is 23.3 Å². The molecule has 0 unspecified atom stereocenters. The van der Waals surface area contributed by atoms with Crippen molar-refractivity contribution in [1.82, 2.24) is 4.31 Å². The lowest BCUT2D eigenvalue weighted by atomic mass is 10.2. The van der Waals surface area contributed by atoms with Crippen molar-refractivity contribution in [3.8, 4) is 0 Å². The molecule has 1 fully saturated rings. The molecule has 0 saturated carbocycles. The van der Waals surface area contributed by atoms with Crippen molar-refractivity contribution in [3.63, 3.8) is 0 Å². The van der Waals surface area contributed by atoms with Gasteiger partial charge in [-0.1, -0.05) is 36.4 Å². The van der Waals surface area contributed by atoms with Crippen molar-refractivity contribution < 1.29 is 21.6 Å². The first-order valence-corrected chi connectivity index (χ1v) is 14.3. The summed E-state index contributed by atoms with van der Waals surface area (Å²) in [5, 5.41) is 0. The van der Waals surface area contributed by atoms with Crippen molar-refractivity contribution in [2.45, 2.75) is 46.0 Å². The Hall–Kier alpha value is -2.08. The number of nitrogens with zero attached hydrogens (tertiary/aromatic N) is 1. The normalized spacial score (nSPS) is 17.4. The fourth-order valence-electron chi connectivity index (χ4n) is 3.85. The van der Waals surface area contributed by atoms with Crippen LogP contribution in [0.4, 0.5) is 0 Å². The molecule has 0 aliphatic carbocycles. The second-order valence-corrected chi connectivity index (χ2v) is 13.1. The van der Waals surface area contributed by atoms with Gasteiger partial charge in [-0.25, -0.2) is 16.8 Å². The summed E-state index contributed by atoms with van der Waals surface area (Å²) in [7, 11) is -7.71. The topological polar surface area (TPSA) is 107 Å². The molecule has 1 aliphatic rings. The van der Waals surface area contributed by atoms with E-state index in [4.69, 9.17) is 10.5 Å². The van der Waals surface area contributed by atoms with Gasteiger partial charge >= 0.3 is 0 Å². The lowest BCUT2D eigenvalue weighted by Crippen LogP contribution is -2.38. The molecule has 1 atom stereocenters. The Morgan fingerprint density at radius 1 is 0.970 bits per heavy atom. The first-order chi connectivity index (χ1) is 15.8. The SMILES string of the molecule is NCc1ccc(S(=O)(=O)c2cccc(S(=O)(=O)N3CCC[C@H]3COCc3ccccc3)c2)s1. The van der Waals surface area contributed by atoms with Crippen LogP contribution in [-0.4, -0.2) is 40.3 Å². The molecular weight excluding hydrogens is 480 g/mol. The minimum Gasteiger partial charge on any atom is -0.375 e. The monoisotopic (exact) mass is 506 g/mol.